The summed E-state index contributed by atoms with van der Waals surface area (Å²) in [6, 6.07) is 5.84. The highest BCUT2D eigenvalue weighted by Crippen LogP contribution is 2.32. The molecule has 0 aliphatic carbocycles. The highest BCUT2D eigenvalue weighted by atomic mass is 32.2. The van der Waals surface area contributed by atoms with E-state index < -0.39 is 10.0 Å². The van der Waals surface area contributed by atoms with Crippen LogP contribution in [0.25, 0.3) is 0 Å². The van der Waals surface area contributed by atoms with Crippen molar-refractivity contribution in [3.05, 3.63) is 30.6 Å². The molecule has 0 amide bonds. The van der Waals surface area contributed by atoms with Gasteiger partial charge in [0.15, 0.2) is 5.82 Å². The first kappa shape index (κ1) is 17.8. The Morgan fingerprint density at radius 2 is 1.92 bits per heavy atom. The van der Waals surface area contributed by atoms with Crippen molar-refractivity contribution < 1.29 is 17.9 Å². The Balaban J connectivity index is 2.32. The zero-order valence-electron chi connectivity index (χ0n) is 13.5. The second kappa shape index (κ2) is 7.82. The van der Waals surface area contributed by atoms with Gasteiger partial charge in [-0.2, -0.15) is 4.98 Å². The molecule has 1 aromatic carbocycles. The lowest BCUT2D eigenvalue weighted by Crippen LogP contribution is -2.16. The molecule has 0 aliphatic rings. The van der Waals surface area contributed by atoms with Crippen LogP contribution in [-0.2, 0) is 10.0 Å². The average molecular weight is 352 g/mol. The smallest absolute Gasteiger partial charge is 0.263 e. The minimum atomic E-state index is -3.84. The molecular formula is C15H20N4O4S. The largest absolute Gasteiger partial charge is 0.485 e. The number of nitrogens with two attached hydrogens (primary N) is 1. The fourth-order valence-corrected chi connectivity index (χ4v) is 2.87. The third-order valence-electron chi connectivity index (χ3n) is 3.13. The summed E-state index contributed by atoms with van der Waals surface area (Å²) in [5.41, 5.74) is 6.05. The Labute approximate surface area is 141 Å². The molecule has 0 saturated carbocycles. The maximum atomic E-state index is 12.5. The number of unbranched alkanes of at least 4 members (excludes halogenated alkanes) is 1. The van der Waals surface area contributed by atoms with Crippen LogP contribution in [0.15, 0.2) is 35.5 Å². The highest BCUT2D eigenvalue weighted by Gasteiger charge is 2.21. The molecule has 24 heavy (non-hydrogen) atoms. The Kier molecular flexibility index (Phi) is 5.80. The molecular weight excluding hydrogens is 332 g/mol. The molecule has 1 aromatic heterocycles. The van der Waals surface area contributed by atoms with Crippen molar-refractivity contribution in [3.8, 4) is 11.6 Å². The van der Waals surface area contributed by atoms with E-state index >= 15 is 0 Å². The van der Waals surface area contributed by atoms with Gasteiger partial charge in [0.25, 0.3) is 15.9 Å². The third kappa shape index (κ3) is 4.25. The number of rotatable bonds is 8. The van der Waals surface area contributed by atoms with Crippen LogP contribution in [0.3, 0.4) is 0 Å². The Morgan fingerprint density at radius 3 is 2.54 bits per heavy atom. The van der Waals surface area contributed by atoms with Crippen molar-refractivity contribution in [2.24, 2.45) is 0 Å². The van der Waals surface area contributed by atoms with Gasteiger partial charge in [0.2, 0.25) is 5.75 Å². The fourth-order valence-electron chi connectivity index (χ4n) is 1.86. The van der Waals surface area contributed by atoms with Crippen LogP contribution >= 0.6 is 0 Å². The summed E-state index contributed by atoms with van der Waals surface area (Å²) in [6.45, 7) is 2.42. The van der Waals surface area contributed by atoms with E-state index in [-0.39, 0.29) is 22.3 Å². The van der Waals surface area contributed by atoms with Crippen molar-refractivity contribution in [3.63, 3.8) is 0 Å². The lowest BCUT2D eigenvalue weighted by molar-refractivity contribution is 0.283. The first-order valence-corrected chi connectivity index (χ1v) is 8.86. The van der Waals surface area contributed by atoms with E-state index in [1.54, 1.807) is 0 Å². The molecule has 2 aromatic rings. The quantitative estimate of drug-likeness (QED) is 0.551. The number of anilines is 2. The van der Waals surface area contributed by atoms with Crippen LogP contribution in [0.1, 0.15) is 19.8 Å². The first-order valence-electron chi connectivity index (χ1n) is 7.38. The molecule has 3 N–H and O–H groups in total. The number of hydrogen-bond donors (Lipinski definition) is 2. The van der Waals surface area contributed by atoms with E-state index in [2.05, 4.69) is 14.7 Å². The number of aromatic nitrogens is 2. The minimum Gasteiger partial charge on any atom is -0.485 e. The van der Waals surface area contributed by atoms with Crippen LogP contribution < -0.4 is 19.9 Å². The molecule has 130 valence electrons. The molecule has 0 atom stereocenters. The van der Waals surface area contributed by atoms with E-state index in [0.29, 0.717) is 12.3 Å². The van der Waals surface area contributed by atoms with Crippen LogP contribution in [0.4, 0.5) is 11.5 Å². The van der Waals surface area contributed by atoms with Gasteiger partial charge in [0, 0.05) is 5.69 Å². The lowest BCUT2D eigenvalue weighted by atomic mass is 10.3. The van der Waals surface area contributed by atoms with E-state index in [1.165, 1.54) is 37.7 Å². The highest BCUT2D eigenvalue weighted by molar-refractivity contribution is 7.92. The SMILES string of the molecule is CCCCOc1c(NS(=O)(=O)c2ccc(N)cc2)ncnc1OC. The van der Waals surface area contributed by atoms with Crippen LogP contribution in [0, 0.1) is 0 Å². The van der Waals surface area contributed by atoms with Gasteiger partial charge in [0.1, 0.15) is 6.33 Å². The summed E-state index contributed by atoms with van der Waals surface area (Å²) in [6.07, 6.45) is 2.94. The molecule has 0 bridgehead atoms. The summed E-state index contributed by atoms with van der Waals surface area (Å²) in [5.74, 6) is 0.346. The Bertz CT molecular complexity index is 779. The molecule has 9 heteroatoms. The van der Waals surface area contributed by atoms with E-state index in [9.17, 15) is 8.42 Å². The monoisotopic (exact) mass is 352 g/mol. The minimum absolute atomic E-state index is 0.0229. The molecule has 0 spiro atoms. The maximum Gasteiger partial charge on any atom is 0.263 e. The van der Waals surface area contributed by atoms with E-state index in [0.717, 1.165) is 12.8 Å². The molecule has 0 unspecified atom stereocenters. The zero-order valence-corrected chi connectivity index (χ0v) is 14.3. The van der Waals surface area contributed by atoms with Gasteiger partial charge in [-0.1, -0.05) is 13.3 Å². The van der Waals surface area contributed by atoms with Gasteiger partial charge < -0.3 is 15.2 Å². The zero-order chi connectivity index (χ0) is 17.6. The number of nitrogens with one attached hydrogen (secondary N) is 1. The Morgan fingerprint density at radius 1 is 1.21 bits per heavy atom. The van der Waals surface area contributed by atoms with Gasteiger partial charge in [-0.15, -0.1) is 0 Å². The molecule has 0 radical (unpaired) electrons. The molecule has 0 fully saturated rings. The topological polar surface area (TPSA) is 116 Å². The van der Waals surface area contributed by atoms with Crippen LogP contribution in [-0.4, -0.2) is 32.1 Å². The normalized spacial score (nSPS) is 11.1. The number of ether oxygens (including phenoxy) is 2. The van der Waals surface area contributed by atoms with E-state index in [1.807, 2.05) is 6.92 Å². The van der Waals surface area contributed by atoms with Crippen molar-refractivity contribution in [2.75, 3.05) is 24.2 Å². The second-order valence-corrected chi connectivity index (χ2v) is 6.62. The van der Waals surface area contributed by atoms with Gasteiger partial charge in [0.05, 0.1) is 18.6 Å². The fraction of sp³-hybridized carbons (Fsp3) is 0.333. The number of nitrogen functional groups attached to an aromatic ring is 1. The van der Waals surface area contributed by atoms with Gasteiger partial charge in [-0.05, 0) is 30.7 Å². The van der Waals surface area contributed by atoms with Crippen molar-refractivity contribution in [1.29, 1.82) is 0 Å². The molecule has 0 aliphatic heterocycles. The molecule has 8 nitrogen and oxygen atoms in total. The third-order valence-corrected chi connectivity index (χ3v) is 4.49. The molecule has 0 saturated heterocycles. The summed E-state index contributed by atoms with van der Waals surface area (Å²) in [7, 11) is -2.42. The predicted molar refractivity (Wildman–Crippen MR) is 90.6 cm³/mol. The van der Waals surface area contributed by atoms with Crippen molar-refractivity contribution in [2.45, 2.75) is 24.7 Å². The number of methoxy groups -OCH3 is 1. The van der Waals surface area contributed by atoms with Crippen LogP contribution in [0.2, 0.25) is 0 Å². The van der Waals surface area contributed by atoms with Crippen LogP contribution in [0.5, 0.6) is 11.6 Å². The number of nitrogens with zero attached hydrogens (tertiary/aromatic N) is 2. The molecule has 2 rings (SSSR count). The van der Waals surface area contributed by atoms with Crippen molar-refractivity contribution >= 4 is 21.5 Å². The van der Waals surface area contributed by atoms with Gasteiger partial charge in [-0.25, -0.2) is 13.4 Å². The summed E-state index contributed by atoms with van der Waals surface area (Å²) < 4.78 is 38.1. The Hall–Kier alpha value is -2.55. The van der Waals surface area contributed by atoms with Gasteiger partial charge in [-0.3, -0.25) is 4.72 Å². The second-order valence-electron chi connectivity index (χ2n) is 4.94. The summed E-state index contributed by atoms with van der Waals surface area (Å²) in [4.78, 5) is 7.97. The predicted octanol–water partition coefficient (Wildman–Crippen LogP) is 2.05. The average Bonchev–Trinajstić information content (AvgIpc) is 2.56. The first-order chi connectivity index (χ1) is 11.5. The van der Waals surface area contributed by atoms with Gasteiger partial charge >= 0.3 is 0 Å². The number of benzene rings is 1. The summed E-state index contributed by atoms with van der Waals surface area (Å²) in [5, 5.41) is 0. The summed E-state index contributed by atoms with van der Waals surface area (Å²) >= 11 is 0. The standard InChI is InChI=1S/C15H20N4O4S/c1-3-4-9-23-13-14(17-10-18-15(13)22-2)19-24(20,21)12-7-5-11(16)6-8-12/h5-8,10H,3-4,9,16H2,1-2H3,(H,17,18,19). The lowest BCUT2D eigenvalue weighted by Gasteiger charge is -2.14. The maximum absolute atomic E-state index is 12.5. The number of sulfonamides is 1. The number of hydrogen-bond acceptors (Lipinski definition) is 7. The van der Waals surface area contributed by atoms with E-state index in [4.69, 9.17) is 15.2 Å². The molecule has 1 heterocycles. The van der Waals surface area contributed by atoms with Crippen molar-refractivity contribution in [1.82, 2.24) is 9.97 Å².